The van der Waals surface area contributed by atoms with Crippen LogP contribution in [0.15, 0.2) is 52.3 Å². The van der Waals surface area contributed by atoms with Crippen molar-refractivity contribution in [3.05, 3.63) is 58.5 Å². The number of amides is 1. The van der Waals surface area contributed by atoms with E-state index in [1.165, 1.54) is 24.4 Å². The van der Waals surface area contributed by atoms with Gasteiger partial charge in [0, 0.05) is 24.1 Å². The third kappa shape index (κ3) is 3.12. The number of hydrogen-bond donors (Lipinski definition) is 2. The van der Waals surface area contributed by atoms with E-state index in [4.69, 9.17) is 0 Å². The Bertz CT molecular complexity index is 809. The molecule has 1 amide bonds. The minimum absolute atomic E-state index is 0.0261. The van der Waals surface area contributed by atoms with E-state index in [0.717, 1.165) is 12.3 Å². The largest absolute Gasteiger partial charge is 0.329 e. The average Bonchev–Trinajstić information content (AvgIpc) is 2.38. The molecule has 2 aromatic rings. The molecule has 1 aromatic carbocycles. The molecule has 20 heavy (non-hydrogen) atoms. The quantitative estimate of drug-likeness (QED) is 0.883. The van der Waals surface area contributed by atoms with Gasteiger partial charge in [0.1, 0.15) is 0 Å². The fourth-order valence-corrected chi connectivity index (χ4v) is 2.52. The van der Waals surface area contributed by atoms with E-state index in [2.05, 4.69) is 10.3 Å². The molecule has 0 bridgehead atoms. The molecular weight excluding hydrogens is 280 g/mol. The molecule has 0 saturated heterocycles. The van der Waals surface area contributed by atoms with Gasteiger partial charge in [0.2, 0.25) is 5.56 Å². The second-order valence-electron chi connectivity index (χ2n) is 4.16. The molecule has 0 aliphatic heterocycles. The summed E-state index contributed by atoms with van der Waals surface area (Å²) in [6, 6.07) is 8.64. The molecule has 0 saturated carbocycles. The van der Waals surface area contributed by atoms with Gasteiger partial charge in [0.05, 0.1) is 10.6 Å². The van der Waals surface area contributed by atoms with Gasteiger partial charge in [0.25, 0.3) is 5.91 Å². The number of para-hydroxylation sites is 1. The predicted molar refractivity (Wildman–Crippen MR) is 74.6 cm³/mol. The summed E-state index contributed by atoms with van der Waals surface area (Å²) in [6.45, 7) is 0. The lowest BCUT2D eigenvalue weighted by atomic mass is 10.2. The second-order valence-corrected chi connectivity index (χ2v) is 6.15. The van der Waals surface area contributed by atoms with Crippen molar-refractivity contribution in [3.63, 3.8) is 0 Å². The number of rotatable bonds is 3. The number of benzene rings is 1. The van der Waals surface area contributed by atoms with E-state index >= 15 is 0 Å². The van der Waals surface area contributed by atoms with Crippen LogP contribution in [0.3, 0.4) is 0 Å². The molecule has 1 heterocycles. The third-order valence-corrected chi connectivity index (χ3v) is 3.73. The second kappa shape index (κ2) is 5.30. The molecule has 0 aliphatic carbocycles. The topological polar surface area (TPSA) is 96.1 Å². The van der Waals surface area contributed by atoms with Crippen LogP contribution in [0, 0.1) is 0 Å². The van der Waals surface area contributed by atoms with Gasteiger partial charge < -0.3 is 10.3 Å². The predicted octanol–water partition coefficient (Wildman–Crippen LogP) is 1.03. The van der Waals surface area contributed by atoms with Crippen LogP contribution in [0.5, 0.6) is 0 Å². The smallest absolute Gasteiger partial charge is 0.255 e. The van der Waals surface area contributed by atoms with Crippen molar-refractivity contribution < 1.29 is 13.2 Å². The van der Waals surface area contributed by atoms with Crippen molar-refractivity contribution in [2.75, 3.05) is 11.6 Å². The molecule has 0 aliphatic rings. The Morgan fingerprint density at radius 1 is 1.20 bits per heavy atom. The van der Waals surface area contributed by atoms with Crippen LogP contribution in [-0.4, -0.2) is 25.6 Å². The van der Waals surface area contributed by atoms with Crippen molar-refractivity contribution in [2.45, 2.75) is 4.90 Å². The monoisotopic (exact) mass is 292 g/mol. The van der Waals surface area contributed by atoms with E-state index in [9.17, 15) is 18.0 Å². The Kier molecular flexibility index (Phi) is 3.71. The van der Waals surface area contributed by atoms with Gasteiger partial charge in [-0.05, 0) is 18.2 Å². The first kappa shape index (κ1) is 14.0. The summed E-state index contributed by atoms with van der Waals surface area (Å²) in [5, 5.41) is 2.49. The summed E-state index contributed by atoms with van der Waals surface area (Å²) < 4.78 is 23.2. The fraction of sp³-hybridized carbons (Fsp3) is 0.0769. The van der Waals surface area contributed by atoms with Crippen molar-refractivity contribution >= 4 is 21.4 Å². The van der Waals surface area contributed by atoms with Crippen molar-refractivity contribution in [3.8, 4) is 0 Å². The average molecular weight is 292 g/mol. The van der Waals surface area contributed by atoms with Crippen molar-refractivity contribution in [1.29, 1.82) is 0 Å². The molecule has 0 unspecified atom stereocenters. The number of anilines is 1. The van der Waals surface area contributed by atoms with Gasteiger partial charge in [-0.1, -0.05) is 12.1 Å². The highest BCUT2D eigenvalue weighted by atomic mass is 32.2. The molecule has 104 valence electrons. The number of nitrogens with one attached hydrogen (secondary N) is 2. The van der Waals surface area contributed by atoms with Crippen LogP contribution in [0.4, 0.5) is 5.69 Å². The molecule has 2 rings (SSSR count). The number of pyridine rings is 1. The SMILES string of the molecule is CS(=O)(=O)c1ccccc1NC(=O)c1cc[nH]c(=O)c1. The van der Waals surface area contributed by atoms with Crippen LogP contribution in [0.1, 0.15) is 10.4 Å². The van der Waals surface area contributed by atoms with Crippen LogP contribution in [0.2, 0.25) is 0 Å². The Morgan fingerprint density at radius 2 is 1.90 bits per heavy atom. The van der Waals surface area contributed by atoms with Gasteiger partial charge in [-0.3, -0.25) is 9.59 Å². The van der Waals surface area contributed by atoms with Crippen molar-refractivity contribution in [1.82, 2.24) is 4.98 Å². The zero-order chi connectivity index (χ0) is 14.8. The molecule has 6 nitrogen and oxygen atoms in total. The van der Waals surface area contributed by atoms with E-state index in [-0.39, 0.29) is 16.1 Å². The highest BCUT2D eigenvalue weighted by Crippen LogP contribution is 2.21. The first-order valence-electron chi connectivity index (χ1n) is 5.67. The zero-order valence-corrected chi connectivity index (χ0v) is 11.4. The molecule has 0 radical (unpaired) electrons. The minimum Gasteiger partial charge on any atom is -0.329 e. The molecule has 0 atom stereocenters. The van der Waals surface area contributed by atoms with Gasteiger partial charge in [-0.2, -0.15) is 0 Å². The van der Waals surface area contributed by atoms with E-state index in [1.807, 2.05) is 0 Å². The van der Waals surface area contributed by atoms with Crippen LogP contribution >= 0.6 is 0 Å². The van der Waals surface area contributed by atoms with Gasteiger partial charge >= 0.3 is 0 Å². The lowest BCUT2D eigenvalue weighted by molar-refractivity contribution is 0.102. The molecule has 0 spiro atoms. The van der Waals surface area contributed by atoms with Crippen LogP contribution in [0.25, 0.3) is 0 Å². The summed E-state index contributed by atoms with van der Waals surface area (Å²) >= 11 is 0. The van der Waals surface area contributed by atoms with Gasteiger partial charge in [0.15, 0.2) is 9.84 Å². The lowest BCUT2D eigenvalue weighted by Gasteiger charge is -2.09. The summed E-state index contributed by atoms with van der Waals surface area (Å²) in [6.07, 6.45) is 2.41. The summed E-state index contributed by atoms with van der Waals surface area (Å²) in [4.78, 5) is 25.5. The lowest BCUT2D eigenvalue weighted by Crippen LogP contribution is -2.17. The van der Waals surface area contributed by atoms with Crippen LogP contribution in [-0.2, 0) is 9.84 Å². The number of carbonyl (C=O) groups is 1. The summed E-state index contributed by atoms with van der Waals surface area (Å²) in [7, 11) is -3.45. The fourth-order valence-electron chi connectivity index (χ4n) is 1.67. The molecular formula is C13H12N2O4S. The Labute approximate surface area is 115 Å². The molecule has 1 aromatic heterocycles. The summed E-state index contributed by atoms with van der Waals surface area (Å²) in [5.74, 6) is -0.549. The molecule has 7 heteroatoms. The highest BCUT2D eigenvalue weighted by Gasteiger charge is 2.15. The highest BCUT2D eigenvalue weighted by molar-refractivity contribution is 7.90. The van der Waals surface area contributed by atoms with E-state index < -0.39 is 21.3 Å². The molecule has 2 N–H and O–H groups in total. The Hall–Kier alpha value is -2.41. The van der Waals surface area contributed by atoms with Gasteiger partial charge in [-0.15, -0.1) is 0 Å². The van der Waals surface area contributed by atoms with Crippen LogP contribution < -0.4 is 10.9 Å². The number of H-pyrrole nitrogens is 1. The van der Waals surface area contributed by atoms with Crippen molar-refractivity contribution in [2.24, 2.45) is 0 Å². The molecule has 0 fully saturated rings. The maximum atomic E-state index is 12.0. The zero-order valence-electron chi connectivity index (χ0n) is 10.6. The maximum absolute atomic E-state index is 12.0. The van der Waals surface area contributed by atoms with Gasteiger partial charge in [-0.25, -0.2) is 8.42 Å². The third-order valence-electron chi connectivity index (χ3n) is 2.57. The normalized spacial score (nSPS) is 11.1. The van der Waals surface area contributed by atoms with E-state index in [0.29, 0.717) is 0 Å². The number of aromatic amines is 1. The van der Waals surface area contributed by atoms with E-state index in [1.54, 1.807) is 12.1 Å². The number of hydrogen-bond acceptors (Lipinski definition) is 4. The Balaban J connectivity index is 2.36. The first-order chi connectivity index (χ1) is 9.38. The number of carbonyl (C=O) groups excluding carboxylic acids is 1. The first-order valence-corrected chi connectivity index (χ1v) is 7.56. The summed E-state index contributed by atoms with van der Waals surface area (Å²) in [5.41, 5.74) is -0.0774. The minimum atomic E-state index is -3.45. The number of sulfone groups is 1. The standard InChI is InChI=1S/C13H12N2O4S/c1-20(18,19)11-5-3-2-4-10(11)15-13(17)9-6-7-14-12(16)8-9/h2-8H,1H3,(H,14,16)(H,15,17). The number of aromatic nitrogens is 1. The maximum Gasteiger partial charge on any atom is 0.255 e. The Morgan fingerprint density at radius 3 is 2.55 bits per heavy atom.